The maximum atomic E-state index is 12.1. The van der Waals surface area contributed by atoms with Crippen LogP contribution in [0.3, 0.4) is 0 Å². The quantitative estimate of drug-likeness (QED) is 0.803. The van der Waals surface area contributed by atoms with Gasteiger partial charge in [-0.2, -0.15) is 0 Å². The Morgan fingerprint density at radius 3 is 2.47 bits per heavy atom. The second kappa shape index (κ2) is 7.28. The lowest BCUT2D eigenvalue weighted by Crippen LogP contribution is -2.42. The topological polar surface area (TPSA) is 56.0 Å². The van der Waals surface area contributed by atoms with Gasteiger partial charge < -0.3 is 9.88 Å². The first-order valence-electron chi connectivity index (χ1n) is 7.01. The maximum absolute atomic E-state index is 12.1. The molecule has 0 aromatic carbocycles. The van der Waals surface area contributed by atoms with Crippen molar-refractivity contribution in [2.24, 2.45) is 5.92 Å². The molecular weight excluding hydrogens is 242 g/mol. The Morgan fingerprint density at radius 2 is 1.89 bits per heavy atom. The van der Waals surface area contributed by atoms with Gasteiger partial charge in [0.15, 0.2) is 0 Å². The monoisotopic (exact) mass is 267 g/mol. The molecule has 1 heterocycles. The Hall–Kier alpha value is -1.36. The van der Waals surface area contributed by atoms with E-state index in [9.17, 15) is 9.59 Å². The summed E-state index contributed by atoms with van der Waals surface area (Å²) in [7, 11) is 0. The first kappa shape index (κ1) is 15.7. The molecule has 0 saturated carbocycles. The SMILES string of the molecule is CCCn1ccc(=O)n(CCNC(C)C(C)C)c1=O. The number of aryl methyl sites for hydroxylation is 1. The van der Waals surface area contributed by atoms with Gasteiger partial charge in [0.1, 0.15) is 0 Å². The van der Waals surface area contributed by atoms with E-state index in [0.717, 1.165) is 6.42 Å². The van der Waals surface area contributed by atoms with E-state index in [1.165, 1.54) is 10.6 Å². The van der Waals surface area contributed by atoms with E-state index >= 15 is 0 Å². The molecule has 0 bridgehead atoms. The number of nitrogens with zero attached hydrogens (tertiary/aromatic N) is 2. The van der Waals surface area contributed by atoms with E-state index in [-0.39, 0.29) is 11.2 Å². The van der Waals surface area contributed by atoms with Crippen molar-refractivity contribution < 1.29 is 0 Å². The number of hydrogen-bond donors (Lipinski definition) is 1. The highest BCUT2D eigenvalue weighted by Gasteiger charge is 2.07. The van der Waals surface area contributed by atoms with Crippen molar-refractivity contribution in [3.63, 3.8) is 0 Å². The minimum Gasteiger partial charge on any atom is -0.312 e. The maximum Gasteiger partial charge on any atom is 0.331 e. The third-order valence-electron chi connectivity index (χ3n) is 3.41. The van der Waals surface area contributed by atoms with Crippen LogP contribution in [0, 0.1) is 5.92 Å². The second-order valence-electron chi connectivity index (χ2n) is 5.27. The van der Waals surface area contributed by atoms with Gasteiger partial charge in [-0.1, -0.05) is 20.8 Å². The smallest absolute Gasteiger partial charge is 0.312 e. The van der Waals surface area contributed by atoms with Crippen molar-refractivity contribution in [2.45, 2.75) is 53.2 Å². The molecule has 0 aliphatic rings. The van der Waals surface area contributed by atoms with Gasteiger partial charge in [0.25, 0.3) is 5.56 Å². The molecule has 5 nitrogen and oxygen atoms in total. The fourth-order valence-electron chi connectivity index (χ4n) is 1.81. The van der Waals surface area contributed by atoms with Gasteiger partial charge in [0, 0.05) is 37.9 Å². The fraction of sp³-hybridized carbons (Fsp3) is 0.714. The summed E-state index contributed by atoms with van der Waals surface area (Å²) in [6.45, 7) is 10.1. The highest BCUT2D eigenvalue weighted by molar-refractivity contribution is 4.86. The summed E-state index contributed by atoms with van der Waals surface area (Å²) in [5.41, 5.74) is -0.440. The van der Waals surface area contributed by atoms with Gasteiger partial charge in [-0.05, 0) is 19.3 Å². The van der Waals surface area contributed by atoms with Crippen LogP contribution in [0.25, 0.3) is 0 Å². The Kier molecular flexibility index (Phi) is 6.02. The molecule has 0 aliphatic heterocycles. The molecule has 108 valence electrons. The molecule has 19 heavy (non-hydrogen) atoms. The van der Waals surface area contributed by atoms with Crippen LogP contribution < -0.4 is 16.6 Å². The van der Waals surface area contributed by atoms with Crippen molar-refractivity contribution in [1.82, 2.24) is 14.5 Å². The zero-order chi connectivity index (χ0) is 14.4. The van der Waals surface area contributed by atoms with E-state index in [1.54, 1.807) is 10.8 Å². The molecule has 5 heteroatoms. The molecule has 0 aliphatic carbocycles. The Morgan fingerprint density at radius 1 is 1.21 bits per heavy atom. The summed E-state index contributed by atoms with van der Waals surface area (Å²) >= 11 is 0. The van der Waals surface area contributed by atoms with E-state index in [2.05, 4.69) is 26.1 Å². The average molecular weight is 267 g/mol. The van der Waals surface area contributed by atoms with Gasteiger partial charge >= 0.3 is 5.69 Å². The predicted molar refractivity (Wildman–Crippen MR) is 77.6 cm³/mol. The first-order chi connectivity index (χ1) is 8.97. The number of hydrogen-bond acceptors (Lipinski definition) is 3. The lowest BCUT2D eigenvalue weighted by Gasteiger charge is -2.17. The van der Waals surface area contributed by atoms with E-state index in [1.807, 2.05) is 6.92 Å². The summed E-state index contributed by atoms with van der Waals surface area (Å²) in [5.74, 6) is 0.532. The lowest BCUT2D eigenvalue weighted by molar-refractivity contribution is 0.409. The Bertz CT molecular complexity index is 502. The molecule has 0 fully saturated rings. The van der Waals surface area contributed by atoms with Crippen molar-refractivity contribution in [3.05, 3.63) is 33.1 Å². The summed E-state index contributed by atoms with van der Waals surface area (Å²) in [6.07, 6.45) is 2.45. The highest BCUT2D eigenvalue weighted by atomic mass is 16.2. The minimum absolute atomic E-state index is 0.214. The third-order valence-corrected chi connectivity index (χ3v) is 3.41. The van der Waals surface area contributed by atoms with Crippen LogP contribution in [0.15, 0.2) is 21.9 Å². The summed E-state index contributed by atoms with van der Waals surface area (Å²) in [5, 5.41) is 3.33. The molecule has 0 spiro atoms. The predicted octanol–water partition coefficient (Wildman–Crippen LogP) is 1.05. The van der Waals surface area contributed by atoms with Crippen LogP contribution in [0.1, 0.15) is 34.1 Å². The van der Waals surface area contributed by atoms with Crippen molar-refractivity contribution in [2.75, 3.05) is 6.54 Å². The third kappa shape index (κ3) is 4.35. The van der Waals surface area contributed by atoms with Crippen molar-refractivity contribution >= 4 is 0 Å². The van der Waals surface area contributed by atoms with E-state index < -0.39 is 0 Å². The number of aromatic nitrogens is 2. The van der Waals surface area contributed by atoms with Crippen LogP contribution in [-0.2, 0) is 13.1 Å². The normalized spacial score (nSPS) is 12.9. The largest absolute Gasteiger partial charge is 0.331 e. The number of nitrogens with one attached hydrogen (secondary N) is 1. The molecule has 1 unspecified atom stereocenters. The van der Waals surface area contributed by atoms with Crippen LogP contribution in [0.4, 0.5) is 0 Å². The zero-order valence-electron chi connectivity index (χ0n) is 12.3. The van der Waals surface area contributed by atoms with Crippen LogP contribution in [0.5, 0.6) is 0 Å². The average Bonchev–Trinajstić information content (AvgIpc) is 2.36. The molecule has 1 aromatic rings. The first-order valence-corrected chi connectivity index (χ1v) is 7.01. The molecule has 1 aromatic heterocycles. The summed E-state index contributed by atoms with van der Waals surface area (Å²) in [4.78, 5) is 23.8. The molecule has 1 rings (SSSR count). The summed E-state index contributed by atoms with van der Waals surface area (Å²) < 4.78 is 2.89. The van der Waals surface area contributed by atoms with Gasteiger partial charge in [-0.25, -0.2) is 4.79 Å². The summed E-state index contributed by atoms with van der Waals surface area (Å²) in [6, 6.07) is 1.83. The van der Waals surface area contributed by atoms with Gasteiger partial charge in [-0.15, -0.1) is 0 Å². The van der Waals surface area contributed by atoms with Crippen molar-refractivity contribution in [3.8, 4) is 0 Å². The van der Waals surface area contributed by atoms with Gasteiger partial charge in [-0.3, -0.25) is 9.36 Å². The van der Waals surface area contributed by atoms with Crippen LogP contribution in [0.2, 0.25) is 0 Å². The molecule has 0 amide bonds. The van der Waals surface area contributed by atoms with Crippen LogP contribution >= 0.6 is 0 Å². The molecule has 0 saturated heterocycles. The van der Waals surface area contributed by atoms with E-state index in [4.69, 9.17) is 0 Å². The minimum atomic E-state index is -0.226. The Labute approximate surface area is 114 Å². The van der Waals surface area contributed by atoms with Crippen molar-refractivity contribution in [1.29, 1.82) is 0 Å². The fourth-order valence-corrected chi connectivity index (χ4v) is 1.81. The van der Waals surface area contributed by atoms with Crippen LogP contribution in [-0.4, -0.2) is 21.7 Å². The van der Waals surface area contributed by atoms with E-state index in [0.29, 0.717) is 31.6 Å². The van der Waals surface area contributed by atoms with Gasteiger partial charge in [0.2, 0.25) is 0 Å². The zero-order valence-corrected chi connectivity index (χ0v) is 12.3. The molecular formula is C14H25N3O2. The highest BCUT2D eigenvalue weighted by Crippen LogP contribution is 1.98. The lowest BCUT2D eigenvalue weighted by atomic mass is 10.1. The second-order valence-corrected chi connectivity index (χ2v) is 5.27. The Balaban J connectivity index is 2.75. The molecule has 1 N–H and O–H groups in total. The van der Waals surface area contributed by atoms with Gasteiger partial charge in [0.05, 0.1) is 0 Å². The standard InChI is InChI=1S/C14H25N3O2/c1-5-8-16-9-6-13(18)17(14(16)19)10-7-15-12(4)11(2)3/h6,9,11-12,15H,5,7-8,10H2,1-4H3. The molecule has 0 radical (unpaired) electrons. The number of rotatable bonds is 7. The molecule has 1 atom stereocenters.